The van der Waals surface area contributed by atoms with Crippen molar-refractivity contribution in [1.82, 2.24) is 5.06 Å². The number of carbonyl (C=O) groups excluding carboxylic acids is 1. The zero-order chi connectivity index (χ0) is 16.3. The Kier molecular flexibility index (Phi) is 5.96. The Balaban J connectivity index is 2.44. The highest BCUT2D eigenvalue weighted by molar-refractivity contribution is 5.48. The van der Waals surface area contributed by atoms with Gasteiger partial charge in [-0.05, 0) is 47.5 Å². The van der Waals surface area contributed by atoms with Gasteiger partial charge in [-0.1, -0.05) is 0 Å². The van der Waals surface area contributed by atoms with Crippen molar-refractivity contribution >= 4 is 5.94 Å². The van der Waals surface area contributed by atoms with Crippen LogP contribution in [-0.2, 0) is 19.0 Å². The molecule has 0 radical (unpaired) electrons. The summed E-state index contributed by atoms with van der Waals surface area (Å²) in [5, 5.41) is 11.6. The summed E-state index contributed by atoms with van der Waals surface area (Å²) in [6.07, 6.45) is 0.844. The predicted octanol–water partition coefficient (Wildman–Crippen LogP) is 2.49. The molecule has 1 saturated heterocycles. The van der Waals surface area contributed by atoms with Gasteiger partial charge in [-0.3, -0.25) is 0 Å². The topological polar surface area (TPSA) is 68.2 Å². The lowest BCUT2D eigenvalue weighted by atomic mass is 9.80. The molecule has 0 aromatic rings. The molecule has 0 bridgehead atoms. The highest BCUT2D eigenvalue weighted by Crippen LogP contribution is 2.37. The summed E-state index contributed by atoms with van der Waals surface area (Å²) >= 11 is 0. The Morgan fingerprint density at radius 1 is 1.33 bits per heavy atom. The quantitative estimate of drug-likeness (QED) is 0.462. The fraction of sp³-hybridized carbons (Fsp3) is 0.867. The number of ether oxygens (including phenoxy) is 3. The molecule has 1 unspecified atom stereocenters. The van der Waals surface area contributed by atoms with E-state index in [2.05, 4.69) is 0 Å². The molecule has 1 atom stereocenters. The summed E-state index contributed by atoms with van der Waals surface area (Å²) in [6, 6.07) is 0. The SMILES string of the molecule is CC(=C=O)OC(C)OCOC1CC(C)(C)N(O)C(C)(C)C1. The van der Waals surface area contributed by atoms with Gasteiger partial charge in [0, 0.05) is 18.0 Å². The Labute approximate surface area is 126 Å². The fourth-order valence-electron chi connectivity index (χ4n) is 2.83. The molecule has 6 nitrogen and oxygen atoms in total. The third-order valence-corrected chi connectivity index (χ3v) is 3.69. The van der Waals surface area contributed by atoms with Gasteiger partial charge in [-0.25, -0.2) is 4.79 Å². The van der Waals surface area contributed by atoms with Crippen molar-refractivity contribution < 1.29 is 24.2 Å². The molecule has 0 saturated carbocycles. The fourth-order valence-corrected chi connectivity index (χ4v) is 2.83. The molecule has 1 rings (SSSR count). The van der Waals surface area contributed by atoms with E-state index >= 15 is 0 Å². The average Bonchev–Trinajstić information content (AvgIpc) is 2.35. The lowest BCUT2D eigenvalue weighted by Gasteiger charge is -2.51. The second kappa shape index (κ2) is 6.90. The molecule has 21 heavy (non-hydrogen) atoms. The van der Waals surface area contributed by atoms with Gasteiger partial charge in [0.25, 0.3) is 0 Å². The highest BCUT2D eigenvalue weighted by atomic mass is 16.7. The van der Waals surface area contributed by atoms with Crippen LogP contribution in [0.4, 0.5) is 0 Å². The lowest BCUT2D eigenvalue weighted by molar-refractivity contribution is -0.272. The first-order valence-electron chi connectivity index (χ1n) is 7.19. The molecule has 0 aromatic heterocycles. The number of hydroxylamine groups is 2. The molecule has 0 amide bonds. The number of nitrogens with zero attached hydrogens (tertiary/aromatic N) is 1. The van der Waals surface area contributed by atoms with Crippen molar-refractivity contribution in [3.8, 4) is 0 Å². The maximum Gasteiger partial charge on any atom is 0.200 e. The summed E-state index contributed by atoms with van der Waals surface area (Å²) in [7, 11) is 0. The Bertz CT molecular complexity index is 383. The standard InChI is InChI=1S/C15H27NO5/c1-11(9-17)21-12(2)19-10-20-13-7-14(3,4)16(18)15(5,6)8-13/h12-13,18H,7-8,10H2,1-6H3. The third-order valence-electron chi connectivity index (χ3n) is 3.69. The zero-order valence-electron chi connectivity index (χ0n) is 13.8. The summed E-state index contributed by atoms with van der Waals surface area (Å²) in [5.41, 5.74) is -0.712. The van der Waals surface area contributed by atoms with Crippen LogP contribution in [0.25, 0.3) is 0 Å². The van der Waals surface area contributed by atoms with Gasteiger partial charge in [-0.2, -0.15) is 5.06 Å². The maximum absolute atomic E-state index is 10.3. The number of allylic oxidation sites excluding steroid dienone is 1. The van der Waals surface area contributed by atoms with Crippen molar-refractivity contribution in [3.05, 3.63) is 5.76 Å². The van der Waals surface area contributed by atoms with Gasteiger partial charge < -0.3 is 19.4 Å². The molecular formula is C15H27NO5. The maximum atomic E-state index is 10.3. The Morgan fingerprint density at radius 3 is 2.33 bits per heavy atom. The zero-order valence-corrected chi connectivity index (χ0v) is 13.8. The summed E-state index contributed by atoms with van der Waals surface area (Å²) in [5.74, 6) is 1.80. The average molecular weight is 301 g/mol. The van der Waals surface area contributed by atoms with Crippen molar-refractivity contribution in [3.63, 3.8) is 0 Å². The molecule has 0 aromatic carbocycles. The molecule has 122 valence electrons. The van der Waals surface area contributed by atoms with Crippen LogP contribution in [0, 0.1) is 0 Å². The number of piperidine rings is 1. The van der Waals surface area contributed by atoms with Gasteiger partial charge in [0.05, 0.1) is 6.10 Å². The second-order valence-electron chi connectivity index (χ2n) is 6.76. The first-order chi connectivity index (χ1) is 9.58. The van der Waals surface area contributed by atoms with Crippen LogP contribution in [0.3, 0.4) is 0 Å². The van der Waals surface area contributed by atoms with Crippen LogP contribution in [0.15, 0.2) is 5.76 Å². The van der Waals surface area contributed by atoms with E-state index in [1.807, 2.05) is 27.7 Å². The van der Waals surface area contributed by atoms with Crippen LogP contribution in [0.2, 0.25) is 0 Å². The molecule has 1 N–H and O–H groups in total. The third kappa shape index (κ3) is 5.09. The van der Waals surface area contributed by atoms with E-state index in [1.54, 1.807) is 12.9 Å². The molecule has 1 aliphatic rings. The summed E-state index contributed by atoms with van der Waals surface area (Å²) in [4.78, 5) is 10.3. The van der Waals surface area contributed by atoms with E-state index < -0.39 is 6.29 Å². The van der Waals surface area contributed by atoms with E-state index in [1.165, 1.54) is 12.0 Å². The van der Waals surface area contributed by atoms with E-state index in [4.69, 9.17) is 14.2 Å². The highest BCUT2D eigenvalue weighted by Gasteiger charge is 2.45. The van der Waals surface area contributed by atoms with E-state index in [-0.39, 0.29) is 29.7 Å². The molecule has 6 heteroatoms. The van der Waals surface area contributed by atoms with Crippen LogP contribution < -0.4 is 0 Å². The summed E-state index contributed by atoms with van der Waals surface area (Å²) in [6.45, 7) is 11.2. The number of hydrogen-bond acceptors (Lipinski definition) is 6. The lowest BCUT2D eigenvalue weighted by Crippen LogP contribution is -2.60. The molecule has 0 spiro atoms. The Hall–Kier alpha value is -0.910. The normalized spacial score (nSPS) is 23.4. The smallest absolute Gasteiger partial charge is 0.200 e. The van der Waals surface area contributed by atoms with Crippen LogP contribution >= 0.6 is 0 Å². The second-order valence-corrected chi connectivity index (χ2v) is 6.76. The van der Waals surface area contributed by atoms with Crippen molar-refractivity contribution in [1.29, 1.82) is 0 Å². The minimum Gasteiger partial charge on any atom is -0.458 e. The minimum atomic E-state index is -0.564. The van der Waals surface area contributed by atoms with Gasteiger partial charge in [0.1, 0.15) is 0 Å². The number of hydrogen-bond donors (Lipinski definition) is 1. The van der Waals surface area contributed by atoms with Crippen molar-refractivity contribution in [2.24, 2.45) is 0 Å². The minimum absolute atomic E-state index is 0.00619. The van der Waals surface area contributed by atoms with Gasteiger partial charge in [0.2, 0.25) is 0 Å². The van der Waals surface area contributed by atoms with E-state index in [0.717, 1.165) is 0 Å². The van der Waals surface area contributed by atoms with Crippen molar-refractivity contribution in [2.45, 2.75) is 77.9 Å². The van der Waals surface area contributed by atoms with Crippen LogP contribution in [0.1, 0.15) is 54.4 Å². The molecule has 1 heterocycles. The predicted molar refractivity (Wildman–Crippen MR) is 77.3 cm³/mol. The Morgan fingerprint density at radius 2 is 1.86 bits per heavy atom. The first kappa shape index (κ1) is 18.1. The monoisotopic (exact) mass is 301 g/mol. The number of rotatable bonds is 6. The van der Waals surface area contributed by atoms with Gasteiger partial charge >= 0.3 is 0 Å². The molecule has 0 aliphatic carbocycles. The van der Waals surface area contributed by atoms with Crippen LogP contribution in [-0.4, -0.2) is 46.5 Å². The van der Waals surface area contributed by atoms with Gasteiger partial charge in [-0.15, -0.1) is 0 Å². The molecule has 1 fully saturated rings. The van der Waals surface area contributed by atoms with Crippen molar-refractivity contribution in [2.75, 3.05) is 6.79 Å². The molecular weight excluding hydrogens is 274 g/mol. The van der Waals surface area contributed by atoms with Gasteiger partial charge in [0.15, 0.2) is 24.8 Å². The largest absolute Gasteiger partial charge is 0.458 e. The van der Waals surface area contributed by atoms with Crippen LogP contribution in [0.5, 0.6) is 0 Å². The first-order valence-corrected chi connectivity index (χ1v) is 7.19. The van der Waals surface area contributed by atoms with E-state index in [0.29, 0.717) is 12.8 Å². The molecule has 1 aliphatic heterocycles. The summed E-state index contributed by atoms with van der Waals surface area (Å²) < 4.78 is 16.2. The van der Waals surface area contributed by atoms with E-state index in [9.17, 15) is 10.0 Å².